The summed E-state index contributed by atoms with van der Waals surface area (Å²) in [6.07, 6.45) is 1.82. The lowest BCUT2D eigenvalue weighted by atomic mass is 10.3. The van der Waals surface area contributed by atoms with Gasteiger partial charge in [-0.3, -0.25) is 4.79 Å². The van der Waals surface area contributed by atoms with E-state index in [0.29, 0.717) is 10.7 Å². The van der Waals surface area contributed by atoms with Gasteiger partial charge >= 0.3 is 11.9 Å². The summed E-state index contributed by atoms with van der Waals surface area (Å²) < 4.78 is 9.24. The van der Waals surface area contributed by atoms with Crippen LogP contribution in [0.3, 0.4) is 0 Å². The van der Waals surface area contributed by atoms with Crippen molar-refractivity contribution in [2.45, 2.75) is 6.92 Å². The first kappa shape index (κ1) is 16.7. The van der Waals surface area contributed by atoms with E-state index < -0.39 is 24.5 Å². The Morgan fingerprint density at radius 2 is 1.86 bits per heavy atom. The first-order chi connectivity index (χ1) is 10.0. The van der Waals surface area contributed by atoms with Crippen molar-refractivity contribution in [3.05, 3.63) is 41.4 Å². The Labute approximate surface area is 126 Å². The molecule has 0 atom stereocenters. The zero-order valence-corrected chi connectivity index (χ0v) is 12.1. The Morgan fingerprint density at radius 3 is 2.48 bits per heavy atom. The highest BCUT2D eigenvalue weighted by Gasteiger charge is 2.06. The highest BCUT2D eigenvalue weighted by Crippen LogP contribution is 2.14. The zero-order chi connectivity index (χ0) is 15.7. The molecule has 112 valence electrons. The van der Waals surface area contributed by atoms with Gasteiger partial charge in [0, 0.05) is 22.9 Å². The molecule has 0 bridgehead atoms. The van der Waals surface area contributed by atoms with Gasteiger partial charge in [-0.05, 0) is 25.1 Å². The molecular formula is C14H14ClNO5. The lowest BCUT2D eigenvalue weighted by Gasteiger charge is -2.05. The Kier molecular flexibility index (Phi) is 6.97. The van der Waals surface area contributed by atoms with Crippen LogP contribution in [0.25, 0.3) is 0 Å². The molecule has 0 fully saturated rings. The van der Waals surface area contributed by atoms with Gasteiger partial charge in [-0.2, -0.15) is 0 Å². The number of halogens is 1. The third-order valence-corrected chi connectivity index (χ3v) is 2.33. The van der Waals surface area contributed by atoms with Crippen LogP contribution >= 0.6 is 11.6 Å². The zero-order valence-electron chi connectivity index (χ0n) is 11.3. The van der Waals surface area contributed by atoms with E-state index in [9.17, 15) is 14.4 Å². The van der Waals surface area contributed by atoms with Crippen molar-refractivity contribution in [3.8, 4) is 0 Å². The van der Waals surface area contributed by atoms with Crippen molar-refractivity contribution in [3.63, 3.8) is 0 Å². The molecule has 21 heavy (non-hydrogen) atoms. The minimum absolute atomic E-state index is 0.209. The van der Waals surface area contributed by atoms with Crippen LogP contribution in [0.5, 0.6) is 0 Å². The summed E-state index contributed by atoms with van der Waals surface area (Å²) in [5, 5.41) is 2.98. The third-order valence-electron chi connectivity index (χ3n) is 2.10. The van der Waals surface area contributed by atoms with Crippen molar-refractivity contribution in [1.82, 2.24) is 0 Å². The van der Waals surface area contributed by atoms with E-state index in [-0.39, 0.29) is 6.61 Å². The van der Waals surface area contributed by atoms with Gasteiger partial charge in [0.25, 0.3) is 5.91 Å². The summed E-state index contributed by atoms with van der Waals surface area (Å²) in [4.78, 5) is 33.7. The molecule has 0 heterocycles. The van der Waals surface area contributed by atoms with E-state index in [1.165, 1.54) is 0 Å². The number of nitrogens with one attached hydrogen (secondary N) is 1. The van der Waals surface area contributed by atoms with Gasteiger partial charge in [-0.15, -0.1) is 0 Å². The number of anilines is 1. The molecule has 7 heteroatoms. The van der Waals surface area contributed by atoms with Gasteiger partial charge in [0.05, 0.1) is 6.61 Å². The van der Waals surface area contributed by atoms with Crippen molar-refractivity contribution < 1.29 is 23.9 Å². The van der Waals surface area contributed by atoms with Gasteiger partial charge < -0.3 is 14.8 Å². The van der Waals surface area contributed by atoms with Crippen LogP contribution in [0.4, 0.5) is 5.69 Å². The normalized spacial score (nSPS) is 10.2. The average Bonchev–Trinajstić information content (AvgIpc) is 2.43. The largest absolute Gasteiger partial charge is 0.463 e. The lowest BCUT2D eigenvalue weighted by molar-refractivity contribution is -0.143. The second-order valence-electron chi connectivity index (χ2n) is 3.75. The third kappa shape index (κ3) is 7.12. The van der Waals surface area contributed by atoms with Gasteiger partial charge in [0.15, 0.2) is 6.61 Å². The molecule has 0 aliphatic heterocycles. The number of rotatable bonds is 6. The maximum Gasteiger partial charge on any atom is 0.331 e. The number of amides is 1. The van der Waals surface area contributed by atoms with E-state index in [4.69, 9.17) is 11.6 Å². The molecule has 0 aliphatic rings. The molecule has 1 amide bonds. The summed E-state index contributed by atoms with van der Waals surface area (Å²) in [6, 6.07) is 6.54. The molecule has 1 rings (SSSR count). The standard InChI is InChI=1S/C14H14ClNO5/c1-2-20-13(18)6-7-14(19)21-9-12(17)16-11-5-3-4-10(15)8-11/h3-8H,2,9H2,1H3,(H,16,17)/b7-6+. The minimum atomic E-state index is -0.815. The topological polar surface area (TPSA) is 81.7 Å². The molecule has 0 saturated heterocycles. The van der Waals surface area contributed by atoms with E-state index >= 15 is 0 Å². The maximum absolute atomic E-state index is 11.5. The van der Waals surface area contributed by atoms with Gasteiger partial charge in [-0.1, -0.05) is 17.7 Å². The summed E-state index contributed by atoms with van der Waals surface area (Å²) in [6.45, 7) is 1.38. The highest BCUT2D eigenvalue weighted by molar-refractivity contribution is 6.30. The SMILES string of the molecule is CCOC(=O)/C=C/C(=O)OCC(=O)Nc1cccc(Cl)c1. The first-order valence-corrected chi connectivity index (χ1v) is 6.46. The monoisotopic (exact) mass is 311 g/mol. The highest BCUT2D eigenvalue weighted by atomic mass is 35.5. The number of esters is 2. The summed E-state index contributed by atoms with van der Waals surface area (Å²) >= 11 is 5.76. The molecule has 0 aromatic heterocycles. The van der Waals surface area contributed by atoms with Gasteiger partial charge in [0.1, 0.15) is 0 Å². The molecule has 0 spiro atoms. The summed E-state index contributed by atoms with van der Waals surface area (Å²) in [5.74, 6) is -1.99. The second kappa shape index (κ2) is 8.76. The molecule has 0 saturated carbocycles. The second-order valence-corrected chi connectivity index (χ2v) is 4.19. The van der Waals surface area contributed by atoms with Crippen LogP contribution in [0.15, 0.2) is 36.4 Å². The maximum atomic E-state index is 11.5. The Balaban J connectivity index is 2.36. The van der Waals surface area contributed by atoms with Gasteiger partial charge in [0.2, 0.25) is 0 Å². The summed E-state index contributed by atoms with van der Waals surface area (Å²) in [7, 11) is 0. The minimum Gasteiger partial charge on any atom is -0.463 e. The van der Waals surface area contributed by atoms with Crippen LogP contribution in [0.2, 0.25) is 5.02 Å². The van der Waals surface area contributed by atoms with E-state index in [1.807, 2.05) is 0 Å². The number of carbonyl (C=O) groups excluding carboxylic acids is 3. The lowest BCUT2D eigenvalue weighted by Crippen LogP contribution is -2.20. The molecule has 1 aromatic carbocycles. The average molecular weight is 312 g/mol. The van der Waals surface area contributed by atoms with Crippen LogP contribution in [-0.2, 0) is 23.9 Å². The number of hydrogen-bond donors (Lipinski definition) is 1. The fraction of sp³-hybridized carbons (Fsp3) is 0.214. The predicted molar refractivity (Wildman–Crippen MR) is 76.8 cm³/mol. The fourth-order valence-electron chi connectivity index (χ4n) is 1.27. The van der Waals surface area contributed by atoms with Crippen LogP contribution in [-0.4, -0.2) is 31.1 Å². The van der Waals surface area contributed by atoms with Crippen LogP contribution in [0, 0.1) is 0 Å². The molecule has 6 nitrogen and oxygen atoms in total. The van der Waals surface area contributed by atoms with Crippen molar-refractivity contribution in [2.24, 2.45) is 0 Å². The number of carbonyl (C=O) groups is 3. The van der Waals surface area contributed by atoms with Crippen molar-refractivity contribution in [2.75, 3.05) is 18.5 Å². The molecule has 0 radical (unpaired) electrons. The van der Waals surface area contributed by atoms with Crippen LogP contribution < -0.4 is 5.32 Å². The van der Waals surface area contributed by atoms with Gasteiger partial charge in [-0.25, -0.2) is 9.59 Å². The summed E-state index contributed by atoms with van der Waals surface area (Å²) in [5.41, 5.74) is 0.491. The molecule has 0 unspecified atom stereocenters. The quantitative estimate of drug-likeness (QED) is 0.641. The smallest absolute Gasteiger partial charge is 0.331 e. The number of hydrogen-bond acceptors (Lipinski definition) is 5. The Morgan fingerprint density at radius 1 is 1.19 bits per heavy atom. The number of ether oxygens (including phenoxy) is 2. The van der Waals surface area contributed by atoms with E-state index in [0.717, 1.165) is 12.2 Å². The molecule has 1 aromatic rings. The van der Waals surface area contributed by atoms with Crippen molar-refractivity contribution >= 4 is 35.1 Å². The van der Waals surface area contributed by atoms with Crippen molar-refractivity contribution in [1.29, 1.82) is 0 Å². The number of benzene rings is 1. The molecule has 0 aliphatic carbocycles. The molecular weight excluding hydrogens is 298 g/mol. The Bertz CT molecular complexity index is 556. The van der Waals surface area contributed by atoms with E-state index in [2.05, 4.69) is 14.8 Å². The molecule has 1 N–H and O–H groups in total. The fourth-order valence-corrected chi connectivity index (χ4v) is 1.46. The predicted octanol–water partition coefficient (Wildman–Crippen LogP) is 1.94. The first-order valence-electron chi connectivity index (χ1n) is 6.08. The Hall–Kier alpha value is -2.34. The van der Waals surface area contributed by atoms with Crippen LogP contribution in [0.1, 0.15) is 6.92 Å². The van der Waals surface area contributed by atoms with E-state index in [1.54, 1.807) is 31.2 Å².